The highest BCUT2D eigenvalue weighted by Gasteiger charge is 2.14. The lowest BCUT2D eigenvalue weighted by Crippen LogP contribution is -2.04. The van der Waals surface area contributed by atoms with E-state index in [0.717, 1.165) is 11.1 Å². The number of carbonyl (C=O) groups excluding carboxylic acids is 1. The SMILES string of the molecule is COc1ccccc1C(=O)CSc1nc2ccccc2o1. The second kappa shape index (κ2) is 6.01. The van der Waals surface area contributed by atoms with E-state index in [1.807, 2.05) is 36.4 Å². The Morgan fingerprint density at radius 1 is 1.19 bits per heavy atom. The van der Waals surface area contributed by atoms with Crippen LogP contribution >= 0.6 is 11.8 Å². The van der Waals surface area contributed by atoms with Crippen molar-refractivity contribution in [2.45, 2.75) is 5.22 Å². The van der Waals surface area contributed by atoms with Crippen molar-refractivity contribution in [2.75, 3.05) is 12.9 Å². The molecule has 0 aliphatic carbocycles. The number of Topliss-reactive ketones (excluding diaryl/α,β-unsaturated/α-hetero) is 1. The molecule has 0 atom stereocenters. The van der Waals surface area contributed by atoms with Crippen LogP contribution in [0.5, 0.6) is 5.75 Å². The summed E-state index contributed by atoms with van der Waals surface area (Å²) in [7, 11) is 1.56. The van der Waals surface area contributed by atoms with Crippen molar-refractivity contribution in [1.29, 1.82) is 0 Å². The Kier molecular flexibility index (Phi) is 3.92. The summed E-state index contributed by atoms with van der Waals surface area (Å²) in [6.45, 7) is 0. The first kappa shape index (κ1) is 13.7. The summed E-state index contributed by atoms with van der Waals surface area (Å²) >= 11 is 1.29. The molecule has 4 nitrogen and oxygen atoms in total. The Labute approximate surface area is 126 Å². The molecule has 3 rings (SSSR count). The van der Waals surface area contributed by atoms with Gasteiger partial charge in [-0.3, -0.25) is 4.79 Å². The lowest BCUT2D eigenvalue weighted by atomic mass is 10.1. The molecule has 21 heavy (non-hydrogen) atoms. The van der Waals surface area contributed by atoms with Crippen LogP contribution in [0.3, 0.4) is 0 Å². The minimum atomic E-state index is -0.0142. The van der Waals surface area contributed by atoms with E-state index < -0.39 is 0 Å². The van der Waals surface area contributed by atoms with Gasteiger partial charge >= 0.3 is 0 Å². The van der Waals surface area contributed by atoms with Gasteiger partial charge in [0, 0.05) is 0 Å². The molecule has 0 fully saturated rings. The molecule has 5 heteroatoms. The molecule has 0 amide bonds. The summed E-state index contributed by atoms with van der Waals surface area (Å²) in [6.07, 6.45) is 0. The molecule has 0 saturated carbocycles. The van der Waals surface area contributed by atoms with Gasteiger partial charge in [-0.05, 0) is 24.3 Å². The lowest BCUT2D eigenvalue weighted by Gasteiger charge is -2.05. The number of oxazole rings is 1. The molecule has 0 saturated heterocycles. The number of ether oxygens (including phenoxy) is 1. The molecule has 0 radical (unpaired) electrons. The second-order valence-electron chi connectivity index (χ2n) is 4.36. The number of para-hydroxylation sites is 3. The van der Waals surface area contributed by atoms with Crippen LogP contribution in [0.15, 0.2) is 58.2 Å². The average molecular weight is 299 g/mol. The average Bonchev–Trinajstić information content (AvgIpc) is 2.95. The fraction of sp³-hybridized carbons (Fsp3) is 0.125. The molecular weight excluding hydrogens is 286 g/mol. The summed E-state index contributed by atoms with van der Waals surface area (Å²) in [4.78, 5) is 16.6. The number of benzene rings is 2. The zero-order valence-electron chi connectivity index (χ0n) is 11.4. The standard InChI is InChI=1S/C16H13NO3S/c1-19-14-8-4-2-6-11(14)13(18)10-21-16-17-12-7-3-5-9-15(12)20-16/h2-9H,10H2,1H3. The van der Waals surface area contributed by atoms with Crippen molar-refractivity contribution in [2.24, 2.45) is 0 Å². The van der Waals surface area contributed by atoms with Gasteiger partial charge in [0.1, 0.15) is 11.3 Å². The maximum absolute atomic E-state index is 12.2. The van der Waals surface area contributed by atoms with Gasteiger partial charge < -0.3 is 9.15 Å². The van der Waals surface area contributed by atoms with E-state index in [1.165, 1.54) is 11.8 Å². The first-order valence-corrected chi connectivity index (χ1v) is 7.41. The fourth-order valence-corrected chi connectivity index (χ4v) is 2.71. The summed E-state index contributed by atoms with van der Waals surface area (Å²) in [5, 5.41) is 0.499. The molecule has 1 aromatic heterocycles. The number of hydrogen-bond donors (Lipinski definition) is 0. The molecule has 0 aliphatic heterocycles. The number of nitrogens with zero attached hydrogens (tertiary/aromatic N) is 1. The minimum Gasteiger partial charge on any atom is -0.496 e. The number of ketones is 1. The third kappa shape index (κ3) is 2.92. The summed E-state index contributed by atoms with van der Waals surface area (Å²) in [5.41, 5.74) is 2.10. The lowest BCUT2D eigenvalue weighted by molar-refractivity contribution is 0.101. The Morgan fingerprint density at radius 3 is 2.76 bits per heavy atom. The first-order valence-electron chi connectivity index (χ1n) is 6.42. The van der Waals surface area contributed by atoms with E-state index in [2.05, 4.69) is 4.98 Å². The van der Waals surface area contributed by atoms with E-state index in [0.29, 0.717) is 16.5 Å². The molecule has 1 heterocycles. The largest absolute Gasteiger partial charge is 0.496 e. The number of hydrogen-bond acceptors (Lipinski definition) is 5. The van der Waals surface area contributed by atoms with Crippen molar-refractivity contribution in [3.8, 4) is 5.75 Å². The van der Waals surface area contributed by atoms with Crippen LogP contribution < -0.4 is 4.74 Å². The predicted octanol–water partition coefficient (Wildman–Crippen LogP) is 3.81. The molecule has 3 aromatic rings. The van der Waals surface area contributed by atoms with E-state index in [9.17, 15) is 4.79 Å². The van der Waals surface area contributed by atoms with Crippen molar-refractivity contribution >= 4 is 28.6 Å². The number of thioether (sulfide) groups is 1. The zero-order valence-corrected chi connectivity index (χ0v) is 12.2. The van der Waals surface area contributed by atoms with E-state index in [-0.39, 0.29) is 11.5 Å². The van der Waals surface area contributed by atoms with Gasteiger partial charge in [0.05, 0.1) is 18.4 Å². The summed E-state index contributed by atoms with van der Waals surface area (Å²) in [6, 6.07) is 14.7. The number of fused-ring (bicyclic) bond motifs is 1. The highest BCUT2D eigenvalue weighted by atomic mass is 32.2. The Morgan fingerprint density at radius 2 is 1.95 bits per heavy atom. The third-order valence-electron chi connectivity index (χ3n) is 3.01. The smallest absolute Gasteiger partial charge is 0.257 e. The minimum absolute atomic E-state index is 0.0142. The van der Waals surface area contributed by atoms with Gasteiger partial charge in [0.15, 0.2) is 11.4 Å². The predicted molar refractivity (Wildman–Crippen MR) is 82.1 cm³/mol. The summed E-state index contributed by atoms with van der Waals surface area (Å²) in [5.74, 6) is 0.827. The highest BCUT2D eigenvalue weighted by molar-refractivity contribution is 7.99. The number of carbonyl (C=O) groups is 1. The molecular formula is C16H13NO3S. The van der Waals surface area contributed by atoms with Gasteiger partial charge in [0.2, 0.25) is 0 Å². The van der Waals surface area contributed by atoms with Crippen LogP contribution in [0, 0.1) is 0 Å². The van der Waals surface area contributed by atoms with E-state index in [1.54, 1.807) is 19.2 Å². The van der Waals surface area contributed by atoms with Gasteiger partial charge in [0.25, 0.3) is 5.22 Å². The fourth-order valence-electron chi connectivity index (χ4n) is 1.99. The molecule has 0 spiro atoms. The Hall–Kier alpha value is -2.27. The number of rotatable bonds is 5. The Bertz CT molecular complexity index is 749. The van der Waals surface area contributed by atoms with E-state index >= 15 is 0 Å². The molecule has 106 valence electrons. The number of methoxy groups -OCH3 is 1. The van der Waals surface area contributed by atoms with E-state index in [4.69, 9.17) is 9.15 Å². The summed E-state index contributed by atoms with van der Waals surface area (Å²) < 4.78 is 10.8. The normalized spacial score (nSPS) is 10.7. The van der Waals surface area contributed by atoms with Gasteiger partial charge in [-0.25, -0.2) is 4.98 Å². The quantitative estimate of drug-likeness (QED) is 0.529. The zero-order chi connectivity index (χ0) is 14.7. The van der Waals surface area contributed by atoms with Gasteiger partial charge in [-0.2, -0.15) is 0 Å². The molecule has 2 aromatic carbocycles. The van der Waals surface area contributed by atoms with Crippen LogP contribution in [0.2, 0.25) is 0 Å². The van der Waals surface area contributed by atoms with Crippen molar-refractivity contribution in [3.63, 3.8) is 0 Å². The monoisotopic (exact) mass is 299 g/mol. The second-order valence-corrected chi connectivity index (χ2v) is 5.29. The molecule has 0 unspecified atom stereocenters. The van der Waals surface area contributed by atoms with Gasteiger partial charge in [-0.15, -0.1) is 0 Å². The maximum atomic E-state index is 12.2. The molecule has 0 N–H and O–H groups in total. The number of aromatic nitrogens is 1. The molecule has 0 bridgehead atoms. The topological polar surface area (TPSA) is 52.3 Å². The van der Waals surface area contributed by atoms with Crippen LogP contribution in [-0.2, 0) is 0 Å². The maximum Gasteiger partial charge on any atom is 0.257 e. The Balaban J connectivity index is 1.73. The van der Waals surface area contributed by atoms with Crippen molar-refractivity contribution in [3.05, 3.63) is 54.1 Å². The van der Waals surface area contributed by atoms with Crippen molar-refractivity contribution < 1.29 is 13.9 Å². The first-order chi connectivity index (χ1) is 10.3. The van der Waals surface area contributed by atoms with Crippen molar-refractivity contribution in [1.82, 2.24) is 4.98 Å². The third-order valence-corrected chi connectivity index (χ3v) is 3.84. The van der Waals surface area contributed by atoms with Crippen LogP contribution in [0.25, 0.3) is 11.1 Å². The van der Waals surface area contributed by atoms with Gasteiger partial charge in [-0.1, -0.05) is 36.0 Å². The highest BCUT2D eigenvalue weighted by Crippen LogP contribution is 2.25. The van der Waals surface area contributed by atoms with Crippen LogP contribution in [0.4, 0.5) is 0 Å². The van der Waals surface area contributed by atoms with Crippen LogP contribution in [0.1, 0.15) is 10.4 Å². The molecule has 0 aliphatic rings. The van der Waals surface area contributed by atoms with Crippen LogP contribution in [-0.4, -0.2) is 23.6 Å².